The summed E-state index contributed by atoms with van der Waals surface area (Å²) in [4.78, 5) is 0. The summed E-state index contributed by atoms with van der Waals surface area (Å²) in [7, 11) is -4.24. The molecule has 3 aromatic rings. The summed E-state index contributed by atoms with van der Waals surface area (Å²) in [6.45, 7) is 21.4. The van der Waals surface area contributed by atoms with Gasteiger partial charge in [0.2, 0.25) is 16.6 Å². The molecule has 0 N–H and O–H groups in total. The van der Waals surface area contributed by atoms with E-state index in [1.165, 1.54) is 32.6 Å². The van der Waals surface area contributed by atoms with Gasteiger partial charge in [-0.2, -0.15) is 0 Å². The molecule has 0 aromatic heterocycles. The summed E-state index contributed by atoms with van der Waals surface area (Å²) >= 11 is 0. The monoisotopic (exact) mass is 590 g/mol. The molecule has 0 saturated carbocycles. The minimum Gasteiger partial charge on any atom is -0.412 e. The van der Waals surface area contributed by atoms with Crippen molar-refractivity contribution in [3.8, 4) is 0 Å². The third-order valence-corrected chi connectivity index (χ3v) is 15.7. The van der Waals surface area contributed by atoms with Crippen LogP contribution < -0.4 is 10.4 Å². The first-order valence-electron chi connectivity index (χ1n) is 14.9. The third kappa shape index (κ3) is 8.73. The largest absolute Gasteiger partial charge is 0.412 e. The van der Waals surface area contributed by atoms with Crippen molar-refractivity contribution in [3.05, 3.63) is 146 Å². The van der Waals surface area contributed by atoms with Crippen molar-refractivity contribution in [1.29, 1.82) is 0 Å². The Morgan fingerprint density at radius 2 is 0.690 bits per heavy atom. The lowest BCUT2D eigenvalue weighted by atomic mass is 10.1. The summed E-state index contributed by atoms with van der Waals surface area (Å²) in [5.74, 6) is 0. The average molecular weight is 591 g/mol. The van der Waals surface area contributed by atoms with Gasteiger partial charge in [-0.05, 0) is 70.7 Å². The van der Waals surface area contributed by atoms with Crippen LogP contribution in [0.5, 0.6) is 0 Å². The zero-order chi connectivity index (χ0) is 30.3. The smallest absolute Gasteiger partial charge is 0.231 e. The van der Waals surface area contributed by atoms with E-state index >= 15 is 0 Å². The molecule has 0 atom stereocenters. The van der Waals surface area contributed by atoms with Crippen molar-refractivity contribution in [3.63, 3.8) is 0 Å². The fourth-order valence-corrected chi connectivity index (χ4v) is 12.0. The number of hydrogen-bond acceptors (Lipinski definition) is 2. The predicted octanol–water partition coefficient (Wildman–Crippen LogP) is 9.15. The molecule has 4 heteroatoms. The van der Waals surface area contributed by atoms with Crippen molar-refractivity contribution < 1.29 is 8.85 Å². The van der Waals surface area contributed by atoms with Crippen molar-refractivity contribution in [1.82, 2.24) is 0 Å². The van der Waals surface area contributed by atoms with E-state index in [-0.39, 0.29) is 0 Å². The van der Waals surface area contributed by atoms with Crippen LogP contribution in [0.3, 0.4) is 0 Å². The van der Waals surface area contributed by atoms with Crippen molar-refractivity contribution in [2.45, 2.75) is 38.0 Å². The van der Waals surface area contributed by atoms with Gasteiger partial charge in [-0.15, -0.1) is 26.3 Å². The molecule has 0 bridgehead atoms. The maximum absolute atomic E-state index is 6.33. The minimum atomic E-state index is -2.12. The van der Waals surface area contributed by atoms with Crippen LogP contribution in [-0.4, -0.2) is 29.8 Å². The van der Waals surface area contributed by atoms with Crippen LogP contribution in [0, 0.1) is 0 Å². The van der Waals surface area contributed by atoms with Gasteiger partial charge in [0, 0.05) is 13.2 Å². The Morgan fingerprint density at radius 3 is 0.905 bits per heavy atom. The van der Waals surface area contributed by atoms with Crippen LogP contribution in [0.4, 0.5) is 0 Å². The molecule has 3 aromatic carbocycles. The minimum absolute atomic E-state index is 0.704. The summed E-state index contributed by atoms with van der Waals surface area (Å²) in [5.41, 5.74) is 4.66. The van der Waals surface area contributed by atoms with Crippen LogP contribution in [0.1, 0.15) is 36.1 Å². The topological polar surface area (TPSA) is 18.5 Å². The summed E-state index contributed by atoms with van der Waals surface area (Å²) in [5, 5.41) is 2.58. The summed E-state index contributed by atoms with van der Waals surface area (Å²) in [6, 6.07) is 29.7. The van der Waals surface area contributed by atoms with E-state index in [4.69, 9.17) is 8.85 Å². The van der Waals surface area contributed by atoms with Crippen LogP contribution in [0.2, 0.25) is 24.2 Å². The molecular weight excluding hydrogens is 545 g/mol. The molecule has 0 amide bonds. The number of benzene rings is 3. The Morgan fingerprint density at radius 1 is 0.452 bits per heavy atom. The van der Waals surface area contributed by atoms with E-state index in [2.05, 4.69) is 137 Å². The van der Waals surface area contributed by atoms with Crippen LogP contribution in [-0.2, 0) is 8.85 Å². The lowest BCUT2D eigenvalue weighted by molar-refractivity contribution is 0.333. The fraction of sp³-hybridized carbons (Fsp3) is 0.211. The highest BCUT2D eigenvalue weighted by Gasteiger charge is 2.35. The van der Waals surface area contributed by atoms with Gasteiger partial charge in [-0.25, -0.2) is 0 Å². The molecule has 2 nitrogen and oxygen atoms in total. The lowest BCUT2D eigenvalue weighted by Crippen LogP contribution is -2.50. The first kappa shape index (κ1) is 33.0. The number of hydrogen-bond donors (Lipinski definition) is 0. The predicted molar refractivity (Wildman–Crippen MR) is 191 cm³/mol. The van der Waals surface area contributed by atoms with Gasteiger partial charge in [-0.3, -0.25) is 0 Å². The van der Waals surface area contributed by atoms with Gasteiger partial charge in [-0.1, -0.05) is 121 Å². The van der Waals surface area contributed by atoms with Crippen LogP contribution >= 0.6 is 0 Å². The Balaban J connectivity index is 1.68. The van der Waals surface area contributed by atoms with E-state index < -0.39 is 16.6 Å². The Labute approximate surface area is 256 Å². The second kappa shape index (κ2) is 16.8. The molecule has 0 aliphatic heterocycles. The van der Waals surface area contributed by atoms with Gasteiger partial charge in [0.1, 0.15) is 0 Å². The van der Waals surface area contributed by atoms with Gasteiger partial charge in [0.25, 0.3) is 0 Å². The Hall–Kier alpha value is -3.55. The fourth-order valence-electron chi connectivity index (χ4n) is 5.42. The highest BCUT2D eigenvalue weighted by Crippen LogP contribution is 2.21. The molecule has 0 aliphatic rings. The van der Waals surface area contributed by atoms with E-state index in [9.17, 15) is 0 Å². The molecule has 0 heterocycles. The zero-order valence-electron chi connectivity index (χ0n) is 25.4. The highest BCUT2D eigenvalue weighted by atomic mass is 28.4. The number of allylic oxidation sites excluding steroid dienone is 4. The van der Waals surface area contributed by atoms with Crippen LogP contribution in [0.25, 0.3) is 24.3 Å². The van der Waals surface area contributed by atoms with Crippen molar-refractivity contribution in [2.75, 3.05) is 13.2 Å². The molecule has 0 spiro atoms. The zero-order valence-corrected chi connectivity index (χ0v) is 27.4. The molecule has 42 heavy (non-hydrogen) atoms. The maximum atomic E-state index is 6.33. The van der Waals surface area contributed by atoms with Gasteiger partial charge in [0.15, 0.2) is 0 Å². The molecule has 0 radical (unpaired) electrons. The van der Waals surface area contributed by atoms with Crippen molar-refractivity contribution >= 4 is 51.3 Å². The first-order valence-corrected chi connectivity index (χ1v) is 19.5. The quantitative estimate of drug-likeness (QED) is 0.0835. The normalized spacial score (nSPS) is 12.0. The average Bonchev–Trinajstić information content (AvgIpc) is 3.01. The van der Waals surface area contributed by atoms with Gasteiger partial charge in [0.05, 0.1) is 0 Å². The molecule has 0 unspecified atom stereocenters. The SMILES string of the molecule is C=CC[Si](CC=C)(OCC)c1ccc(/C=C\c2ccc(/C=C\c3ccc([Si](CC=C)(CC=C)OCC)cc3)cc2)cc1. The van der Waals surface area contributed by atoms with Gasteiger partial charge >= 0.3 is 0 Å². The second-order valence-corrected chi connectivity index (χ2v) is 17.7. The standard InChI is InChI=1S/C38H46O2Si2/c1-7-29-41(30-8-2,39-11-5)37-25-21-35(22-26-37)19-17-33-13-15-34(16-14-33)18-20-36-23-27-38(28-24-36)42(31-9-3,32-10-4)40-12-6/h7-10,13-28H,1-4,11-12,29-32H2,5-6H3/b19-17-,20-18-. The molecule has 0 aliphatic carbocycles. The van der Waals surface area contributed by atoms with Crippen molar-refractivity contribution in [2.24, 2.45) is 0 Å². The maximum Gasteiger partial charge on any atom is 0.231 e. The van der Waals surface area contributed by atoms with E-state index in [0.717, 1.165) is 24.2 Å². The molecular formula is C38H46O2Si2. The van der Waals surface area contributed by atoms with E-state index in [1.807, 2.05) is 24.3 Å². The highest BCUT2D eigenvalue weighted by molar-refractivity contribution is 6.87. The van der Waals surface area contributed by atoms with Gasteiger partial charge < -0.3 is 8.85 Å². The summed E-state index contributed by atoms with van der Waals surface area (Å²) in [6.07, 6.45) is 16.6. The van der Waals surface area contributed by atoms with E-state index in [1.54, 1.807) is 0 Å². The molecule has 0 saturated heterocycles. The Kier molecular flexibility index (Phi) is 13.2. The number of rotatable bonds is 18. The molecule has 0 fully saturated rings. The van der Waals surface area contributed by atoms with Crippen LogP contribution in [0.15, 0.2) is 123 Å². The lowest BCUT2D eigenvalue weighted by Gasteiger charge is -2.29. The van der Waals surface area contributed by atoms with E-state index in [0.29, 0.717) is 13.2 Å². The first-order chi connectivity index (χ1) is 20.5. The summed E-state index contributed by atoms with van der Waals surface area (Å²) < 4.78 is 12.7. The molecule has 218 valence electrons. The molecule has 3 rings (SSSR count). The third-order valence-electron chi connectivity index (χ3n) is 7.48. The Bertz CT molecular complexity index is 1220. The second-order valence-electron chi connectivity index (χ2n) is 10.4.